The second kappa shape index (κ2) is 9.58. The summed E-state index contributed by atoms with van der Waals surface area (Å²) in [4.78, 5) is 17.4. The minimum Gasteiger partial charge on any atom is -0.336 e. The molecule has 7 heteroatoms. The summed E-state index contributed by atoms with van der Waals surface area (Å²) in [6.45, 7) is 8.55. The molecule has 2 aliphatic rings. The summed E-state index contributed by atoms with van der Waals surface area (Å²) in [5, 5.41) is 0. The highest BCUT2D eigenvalue weighted by molar-refractivity contribution is 7.89. The Balaban J connectivity index is 1.69. The number of sulfonamides is 1. The molecule has 1 aliphatic carbocycles. The zero-order valence-corrected chi connectivity index (χ0v) is 18.8. The number of nitrogens with zero attached hydrogens (tertiary/aromatic N) is 3. The van der Waals surface area contributed by atoms with Crippen molar-refractivity contribution in [1.29, 1.82) is 0 Å². The standard InChI is InChI=1S/C22H35N3O3S/c1-18(2)17-24-12-14-25(15-13-24)22(26)19-8-7-11-21(16-19)29(27,28)23(3)20-9-5-4-6-10-20/h7-8,11,16,18,20H,4-6,9-10,12-15,17H2,1-3H3. The molecule has 3 rings (SSSR count). The molecule has 0 atom stereocenters. The first-order valence-corrected chi connectivity index (χ1v) is 12.3. The van der Waals surface area contributed by atoms with E-state index in [0.717, 1.165) is 45.3 Å². The number of rotatable bonds is 6. The second-order valence-corrected chi connectivity index (χ2v) is 10.8. The maximum atomic E-state index is 13.1. The van der Waals surface area contributed by atoms with Gasteiger partial charge in [-0.2, -0.15) is 4.31 Å². The molecular formula is C22H35N3O3S. The fourth-order valence-corrected chi connectivity index (χ4v) is 5.89. The zero-order chi connectivity index (χ0) is 21.0. The second-order valence-electron chi connectivity index (χ2n) is 8.83. The van der Waals surface area contributed by atoms with Crippen LogP contribution in [0, 0.1) is 5.92 Å². The summed E-state index contributed by atoms with van der Waals surface area (Å²) >= 11 is 0. The maximum absolute atomic E-state index is 13.1. The summed E-state index contributed by atoms with van der Waals surface area (Å²) in [6, 6.07) is 6.62. The first-order chi connectivity index (χ1) is 13.8. The Morgan fingerprint density at radius 3 is 2.38 bits per heavy atom. The lowest BCUT2D eigenvalue weighted by Gasteiger charge is -2.35. The highest BCUT2D eigenvalue weighted by atomic mass is 32.2. The smallest absolute Gasteiger partial charge is 0.253 e. The van der Waals surface area contributed by atoms with E-state index in [1.165, 1.54) is 10.7 Å². The van der Waals surface area contributed by atoms with Gasteiger partial charge in [0.2, 0.25) is 10.0 Å². The Bertz CT molecular complexity index is 795. The Hall–Kier alpha value is -1.44. The predicted molar refractivity (Wildman–Crippen MR) is 115 cm³/mol. The van der Waals surface area contributed by atoms with Crippen LogP contribution < -0.4 is 0 Å². The molecule has 0 unspecified atom stereocenters. The molecule has 162 valence electrons. The third kappa shape index (κ3) is 5.38. The van der Waals surface area contributed by atoms with Gasteiger partial charge in [0, 0.05) is 51.4 Å². The molecule has 1 aliphatic heterocycles. The largest absolute Gasteiger partial charge is 0.336 e. The van der Waals surface area contributed by atoms with Gasteiger partial charge in [-0.1, -0.05) is 39.2 Å². The molecule has 0 radical (unpaired) electrons. The molecule has 1 amide bonds. The van der Waals surface area contributed by atoms with Gasteiger partial charge in [0.1, 0.15) is 0 Å². The van der Waals surface area contributed by atoms with Gasteiger partial charge in [-0.15, -0.1) is 0 Å². The SMILES string of the molecule is CC(C)CN1CCN(C(=O)c2cccc(S(=O)(=O)N(C)C3CCCCC3)c2)CC1. The Labute approximate surface area is 175 Å². The summed E-state index contributed by atoms with van der Waals surface area (Å²) in [7, 11) is -1.92. The molecule has 0 spiro atoms. The molecule has 1 heterocycles. The van der Waals surface area contributed by atoms with Crippen molar-refractivity contribution < 1.29 is 13.2 Å². The third-order valence-electron chi connectivity index (χ3n) is 6.13. The van der Waals surface area contributed by atoms with Crippen LogP contribution in [-0.2, 0) is 10.0 Å². The minimum absolute atomic E-state index is 0.0575. The van der Waals surface area contributed by atoms with Gasteiger partial charge in [-0.05, 0) is 37.0 Å². The molecule has 1 saturated carbocycles. The minimum atomic E-state index is -3.59. The van der Waals surface area contributed by atoms with Crippen molar-refractivity contribution in [3.8, 4) is 0 Å². The number of hydrogen-bond donors (Lipinski definition) is 0. The number of benzene rings is 1. The fraction of sp³-hybridized carbons (Fsp3) is 0.682. The van der Waals surface area contributed by atoms with Gasteiger partial charge in [0.15, 0.2) is 0 Å². The maximum Gasteiger partial charge on any atom is 0.253 e. The number of carbonyl (C=O) groups is 1. The van der Waals surface area contributed by atoms with Gasteiger partial charge >= 0.3 is 0 Å². The molecule has 0 N–H and O–H groups in total. The first-order valence-electron chi connectivity index (χ1n) is 10.9. The van der Waals surface area contributed by atoms with Crippen LogP contribution >= 0.6 is 0 Å². The fourth-order valence-electron chi connectivity index (χ4n) is 4.43. The van der Waals surface area contributed by atoms with E-state index in [9.17, 15) is 13.2 Å². The topological polar surface area (TPSA) is 60.9 Å². The summed E-state index contributed by atoms with van der Waals surface area (Å²) in [5.74, 6) is 0.534. The van der Waals surface area contributed by atoms with Crippen molar-refractivity contribution in [1.82, 2.24) is 14.1 Å². The average molecular weight is 422 g/mol. The molecular weight excluding hydrogens is 386 g/mol. The normalized spacial score (nSPS) is 19.8. The van der Waals surface area contributed by atoms with Gasteiger partial charge < -0.3 is 4.90 Å². The average Bonchev–Trinajstić information content (AvgIpc) is 2.73. The Morgan fingerprint density at radius 2 is 1.76 bits per heavy atom. The summed E-state index contributed by atoms with van der Waals surface area (Å²) in [5.41, 5.74) is 0.459. The first kappa shape index (κ1) is 22.2. The van der Waals surface area contributed by atoms with Crippen LogP contribution in [0.4, 0.5) is 0 Å². The molecule has 6 nitrogen and oxygen atoms in total. The molecule has 0 bridgehead atoms. The summed E-state index contributed by atoms with van der Waals surface area (Å²) in [6.07, 6.45) is 5.15. The van der Waals surface area contributed by atoms with Crippen LogP contribution in [0.5, 0.6) is 0 Å². The highest BCUT2D eigenvalue weighted by Crippen LogP contribution is 2.27. The quantitative estimate of drug-likeness (QED) is 0.708. The zero-order valence-electron chi connectivity index (χ0n) is 18.0. The van der Waals surface area contributed by atoms with Crippen LogP contribution in [0.25, 0.3) is 0 Å². The van der Waals surface area contributed by atoms with Gasteiger partial charge in [-0.3, -0.25) is 9.69 Å². The predicted octanol–water partition coefficient (Wildman–Crippen LogP) is 3.05. The molecule has 29 heavy (non-hydrogen) atoms. The van der Waals surface area contributed by atoms with E-state index in [0.29, 0.717) is 24.6 Å². The number of amides is 1. The monoisotopic (exact) mass is 421 g/mol. The van der Waals surface area contributed by atoms with Crippen molar-refractivity contribution in [2.24, 2.45) is 5.92 Å². The highest BCUT2D eigenvalue weighted by Gasteiger charge is 2.30. The van der Waals surface area contributed by atoms with E-state index in [2.05, 4.69) is 18.7 Å². The van der Waals surface area contributed by atoms with E-state index in [1.54, 1.807) is 31.3 Å². The van der Waals surface area contributed by atoms with Gasteiger partial charge in [0.05, 0.1) is 4.90 Å². The molecule has 0 aromatic heterocycles. The van der Waals surface area contributed by atoms with E-state index in [-0.39, 0.29) is 16.8 Å². The molecule has 2 fully saturated rings. The Morgan fingerprint density at radius 1 is 1.10 bits per heavy atom. The van der Waals surface area contributed by atoms with Crippen LogP contribution in [0.2, 0.25) is 0 Å². The van der Waals surface area contributed by atoms with Crippen LogP contribution in [0.3, 0.4) is 0 Å². The molecule has 1 aromatic rings. The van der Waals surface area contributed by atoms with E-state index in [4.69, 9.17) is 0 Å². The van der Waals surface area contributed by atoms with E-state index >= 15 is 0 Å². The number of carbonyl (C=O) groups excluding carboxylic acids is 1. The van der Waals surface area contributed by atoms with E-state index in [1.807, 2.05) is 4.90 Å². The van der Waals surface area contributed by atoms with Crippen molar-refractivity contribution in [2.45, 2.75) is 56.9 Å². The van der Waals surface area contributed by atoms with Crippen LogP contribution in [0.1, 0.15) is 56.3 Å². The van der Waals surface area contributed by atoms with Gasteiger partial charge in [0.25, 0.3) is 5.91 Å². The lowest BCUT2D eigenvalue weighted by Crippen LogP contribution is -2.49. The van der Waals surface area contributed by atoms with Crippen molar-refractivity contribution in [3.63, 3.8) is 0 Å². The number of hydrogen-bond acceptors (Lipinski definition) is 4. The van der Waals surface area contributed by atoms with Crippen LogP contribution in [-0.4, -0.2) is 74.2 Å². The van der Waals surface area contributed by atoms with E-state index < -0.39 is 10.0 Å². The summed E-state index contributed by atoms with van der Waals surface area (Å²) < 4.78 is 27.8. The Kier molecular flexibility index (Phi) is 7.35. The molecule has 1 saturated heterocycles. The number of piperazine rings is 1. The van der Waals surface area contributed by atoms with Crippen molar-refractivity contribution >= 4 is 15.9 Å². The van der Waals surface area contributed by atoms with Gasteiger partial charge in [-0.25, -0.2) is 8.42 Å². The molecule has 1 aromatic carbocycles. The lowest BCUT2D eigenvalue weighted by atomic mass is 9.96. The van der Waals surface area contributed by atoms with Crippen LogP contribution in [0.15, 0.2) is 29.2 Å². The lowest BCUT2D eigenvalue weighted by molar-refractivity contribution is 0.0623. The van der Waals surface area contributed by atoms with Crippen molar-refractivity contribution in [3.05, 3.63) is 29.8 Å². The third-order valence-corrected chi connectivity index (χ3v) is 8.04. The van der Waals surface area contributed by atoms with Crippen molar-refractivity contribution in [2.75, 3.05) is 39.8 Å².